The molecule has 1 amide bonds. The molecule has 0 atom stereocenters. The highest BCUT2D eigenvalue weighted by Gasteiger charge is 2.29. The van der Waals surface area contributed by atoms with Gasteiger partial charge in [-0.2, -0.15) is 9.97 Å². The molecule has 1 aliphatic heterocycles. The molecule has 0 unspecified atom stereocenters. The second kappa shape index (κ2) is 7.94. The smallest absolute Gasteiger partial charge is 0.259 e. The van der Waals surface area contributed by atoms with Crippen LogP contribution in [0, 0.1) is 0 Å². The minimum absolute atomic E-state index is 0.106. The molecule has 3 aromatic rings. The van der Waals surface area contributed by atoms with E-state index in [2.05, 4.69) is 15.1 Å². The first-order valence-corrected chi connectivity index (χ1v) is 9.44. The minimum atomic E-state index is -0.106. The van der Waals surface area contributed by atoms with Crippen molar-refractivity contribution in [3.05, 3.63) is 41.9 Å². The van der Waals surface area contributed by atoms with Crippen LogP contribution in [0.15, 0.2) is 35.0 Å². The number of piperidine rings is 1. The van der Waals surface area contributed by atoms with E-state index in [4.69, 9.17) is 14.0 Å². The highest BCUT2D eigenvalue weighted by Crippen LogP contribution is 2.30. The van der Waals surface area contributed by atoms with E-state index < -0.39 is 0 Å². The Bertz CT molecular complexity index is 1000. The summed E-state index contributed by atoms with van der Waals surface area (Å²) in [5.41, 5.74) is 1.34. The van der Waals surface area contributed by atoms with Crippen molar-refractivity contribution in [2.24, 2.45) is 7.05 Å². The molecule has 0 spiro atoms. The molecule has 0 radical (unpaired) electrons. The number of aryl methyl sites for hydroxylation is 1. The van der Waals surface area contributed by atoms with Crippen molar-refractivity contribution < 1.29 is 18.8 Å². The van der Waals surface area contributed by atoms with Gasteiger partial charge in [0.2, 0.25) is 23.5 Å². The lowest BCUT2D eigenvalue weighted by Gasteiger charge is -2.30. The Labute approximate surface area is 168 Å². The number of carbonyl (C=O) groups is 1. The fourth-order valence-corrected chi connectivity index (χ4v) is 3.55. The maximum atomic E-state index is 12.9. The largest absolute Gasteiger partial charge is 0.481 e. The zero-order chi connectivity index (χ0) is 20.4. The van der Waals surface area contributed by atoms with Gasteiger partial charge in [0, 0.05) is 38.3 Å². The highest BCUT2D eigenvalue weighted by molar-refractivity contribution is 5.96. The standard InChI is InChI=1S/C20H23N5O4/c1-24-10-4-5-15(24)17-22-18(29-23-17)13-8-11-25(12-9-13)20(26)14-6-7-16(27-2)21-19(14)28-3/h4-7,10,13H,8-9,11-12H2,1-3H3. The van der Waals surface area contributed by atoms with E-state index in [1.165, 1.54) is 14.2 Å². The Morgan fingerprint density at radius 1 is 1.14 bits per heavy atom. The van der Waals surface area contributed by atoms with E-state index in [0.717, 1.165) is 18.5 Å². The number of ether oxygens (including phenoxy) is 2. The average Bonchev–Trinajstić information content (AvgIpc) is 3.41. The summed E-state index contributed by atoms with van der Waals surface area (Å²) in [5, 5.41) is 4.11. The van der Waals surface area contributed by atoms with Gasteiger partial charge in [-0.05, 0) is 31.0 Å². The molecule has 4 heterocycles. The summed E-state index contributed by atoms with van der Waals surface area (Å²) in [6.45, 7) is 1.20. The van der Waals surface area contributed by atoms with E-state index in [-0.39, 0.29) is 17.7 Å². The number of aromatic nitrogens is 4. The van der Waals surface area contributed by atoms with Gasteiger partial charge in [-0.1, -0.05) is 5.16 Å². The topological polar surface area (TPSA) is 95.5 Å². The summed E-state index contributed by atoms with van der Waals surface area (Å²) in [6.07, 6.45) is 3.45. The fourth-order valence-electron chi connectivity index (χ4n) is 3.55. The van der Waals surface area contributed by atoms with Crippen LogP contribution < -0.4 is 9.47 Å². The first-order chi connectivity index (χ1) is 14.1. The third kappa shape index (κ3) is 3.67. The monoisotopic (exact) mass is 397 g/mol. The Morgan fingerprint density at radius 3 is 2.59 bits per heavy atom. The summed E-state index contributed by atoms with van der Waals surface area (Å²) < 4.78 is 17.8. The lowest BCUT2D eigenvalue weighted by molar-refractivity contribution is 0.0700. The third-order valence-electron chi connectivity index (χ3n) is 5.21. The van der Waals surface area contributed by atoms with Crippen molar-refractivity contribution >= 4 is 5.91 Å². The van der Waals surface area contributed by atoms with Crippen molar-refractivity contribution in [2.45, 2.75) is 18.8 Å². The second-order valence-electron chi connectivity index (χ2n) is 6.94. The van der Waals surface area contributed by atoms with E-state index >= 15 is 0 Å². The van der Waals surface area contributed by atoms with Gasteiger partial charge in [-0.25, -0.2) is 0 Å². The van der Waals surface area contributed by atoms with Crippen LogP contribution in [0.25, 0.3) is 11.5 Å². The van der Waals surface area contributed by atoms with Crippen LogP contribution in [-0.2, 0) is 7.05 Å². The molecule has 9 nitrogen and oxygen atoms in total. The van der Waals surface area contributed by atoms with Crippen LogP contribution in [0.1, 0.15) is 35.0 Å². The highest BCUT2D eigenvalue weighted by atomic mass is 16.5. The summed E-state index contributed by atoms with van der Waals surface area (Å²) in [4.78, 5) is 23.5. The molecule has 152 valence electrons. The minimum Gasteiger partial charge on any atom is -0.481 e. The number of carbonyl (C=O) groups excluding carboxylic acids is 1. The molecule has 4 rings (SSSR count). The zero-order valence-electron chi connectivity index (χ0n) is 16.7. The summed E-state index contributed by atoms with van der Waals surface area (Å²) >= 11 is 0. The van der Waals surface area contributed by atoms with Gasteiger partial charge in [0.1, 0.15) is 5.56 Å². The van der Waals surface area contributed by atoms with Crippen molar-refractivity contribution in [1.82, 2.24) is 24.6 Å². The number of hydrogen-bond acceptors (Lipinski definition) is 7. The number of hydrogen-bond donors (Lipinski definition) is 0. The molecular weight excluding hydrogens is 374 g/mol. The van der Waals surface area contributed by atoms with Crippen molar-refractivity contribution in [3.8, 4) is 23.3 Å². The van der Waals surface area contributed by atoms with Crippen molar-refractivity contribution in [1.29, 1.82) is 0 Å². The number of rotatable bonds is 5. The maximum Gasteiger partial charge on any atom is 0.259 e. The Morgan fingerprint density at radius 2 is 1.93 bits per heavy atom. The first kappa shape index (κ1) is 19.0. The maximum absolute atomic E-state index is 12.9. The number of amides is 1. The van der Waals surface area contributed by atoms with Gasteiger partial charge in [-0.3, -0.25) is 4.79 Å². The van der Waals surface area contributed by atoms with Gasteiger partial charge >= 0.3 is 0 Å². The molecule has 0 bridgehead atoms. The summed E-state index contributed by atoms with van der Waals surface area (Å²) in [6, 6.07) is 7.24. The molecule has 3 aromatic heterocycles. The molecule has 0 saturated carbocycles. The normalized spacial score (nSPS) is 14.8. The van der Waals surface area contributed by atoms with Crippen LogP contribution in [0.3, 0.4) is 0 Å². The molecule has 9 heteroatoms. The van der Waals surface area contributed by atoms with E-state index in [1.54, 1.807) is 17.0 Å². The summed E-state index contributed by atoms with van der Waals surface area (Å²) in [5.74, 6) is 1.90. The van der Waals surface area contributed by atoms with Gasteiger partial charge in [-0.15, -0.1) is 0 Å². The lowest BCUT2D eigenvalue weighted by atomic mass is 9.96. The predicted octanol–water partition coefficient (Wildman–Crippen LogP) is 2.51. The van der Waals surface area contributed by atoms with Crippen LogP contribution in [0.5, 0.6) is 11.8 Å². The van der Waals surface area contributed by atoms with Gasteiger partial charge < -0.3 is 23.5 Å². The molecule has 0 N–H and O–H groups in total. The molecule has 0 aliphatic carbocycles. The lowest BCUT2D eigenvalue weighted by Crippen LogP contribution is -2.38. The van der Waals surface area contributed by atoms with E-state index in [9.17, 15) is 4.79 Å². The molecule has 0 aromatic carbocycles. The van der Waals surface area contributed by atoms with Gasteiger partial charge in [0.25, 0.3) is 5.91 Å². The van der Waals surface area contributed by atoms with E-state index in [1.807, 2.05) is 29.9 Å². The second-order valence-corrected chi connectivity index (χ2v) is 6.94. The zero-order valence-corrected chi connectivity index (χ0v) is 16.7. The van der Waals surface area contributed by atoms with Gasteiger partial charge in [0.15, 0.2) is 0 Å². The van der Waals surface area contributed by atoms with Crippen molar-refractivity contribution in [3.63, 3.8) is 0 Å². The molecule has 1 fully saturated rings. The summed E-state index contributed by atoms with van der Waals surface area (Å²) in [7, 11) is 4.96. The number of nitrogens with zero attached hydrogens (tertiary/aromatic N) is 5. The Kier molecular flexibility index (Phi) is 5.20. The van der Waals surface area contributed by atoms with Gasteiger partial charge in [0.05, 0.1) is 19.9 Å². The SMILES string of the molecule is COc1ccc(C(=O)N2CCC(c3nc(-c4cccn4C)no3)CC2)c(OC)n1. The molecule has 1 aliphatic rings. The van der Waals surface area contributed by atoms with Crippen LogP contribution in [0.2, 0.25) is 0 Å². The van der Waals surface area contributed by atoms with E-state index in [0.29, 0.717) is 36.2 Å². The van der Waals surface area contributed by atoms with Crippen LogP contribution in [0.4, 0.5) is 0 Å². The first-order valence-electron chi connectivity index (χ1n) is 9.44. The molecular formula is C20H23N5O4. The quantitative estimate of drug-likeness (QED) is 0.653. The molecule has 29 heavy (non-hydrogen) atoms. The number of methoxy groups -OCH3 is 2. The number of likely N-dealkylation sites (tertiary alicyclic amines) is 1. The Balaban J connectivity index is 1.43. The average molecular weight is 397 g/mol. The predicted molar refractivity (Wildman–Crippen MR) is 104 cm³/mol. The van der Waals surface area contributed by atoms with Crippen LogP contribution in [-0.4, -0.2) is 57.8 Å². The van der Waals surface area contributed by atoms with Crippen LogP contribution >= 0.6 is 0 Å². The Hall–Kier alpha value is -3.36. The fraction of sp³-hybridized carbons (Fsp3) is 0.400. The van der Waals surface area contributed by atoms with Crippen molar-refractivity contribution in [2.75, 3.05) is 27.3 Å². The number of pyridine rings is 1. The third-order valence-corrected chi connectivity index (χ3v) is 5.21. The molecule has 1 saturated heterocycles.